The molecule has 172 valence electrons. The molecular formula is C23H21F3N4O3. The number of amides is 1. The van der Waals surface area contributed by atoms with E-state index < -0.39 is 28.8 Å². The van der Waals surface area contributed by atoms with Crippen molar-refractivity contribution in [1.29, 1.82) is 0 Å². The molecule has 7 nitrogen and oxygen atoms in total. The first-order valence-corrected chi connectivity index (χ1v) is 10.3. The number of halogens is 3. The average molecular weight is 458 g/mol. The van der Waals surface area contributed by atoms with Crippen molar-refractivity contribution in [2.45, 2.75) is 13.1 Å². The third-order valence-corrected chi connectivity index (χ3v) is 5.54. The van der Waals surface area contributed by atoms with E-state index in [4.69, 9.17) is 0 Å². The zero-order valence-electron chi connectivity index (χ0n) is 17.7. The van der Waals surface area contributed by atoms with E-state index in [9.17, 15) is 27.9 Å². The zero-order chi connectivity index (χ0) is 23.8. The van der Waals surface area contributed by atoms with Gasteiger partial charge in [0.2, 0.25) is 5.43 Å². The number of hydrogen-bond donors (Lipinski definition) is 1. The van der Waals surface area contributed by atoms with Crippen LogP contribution < -0.4 is 10.3 Å². The summed E-state index contributed by atoms with van der Waals surface area (Å²) in [5, 5.41) is 14.1. The molecule has 3 aromatic rings. The number of aryl methyl sites for hydroxylation is 1. The Bertz CT molecular complexity index is 1250. The highest BCUT2D eigenvalue weighted by Crippen LogP contribution is 2.33. The van der Waals surface area contributed by atoms with Crippen LogP contribution in [0.2, 0.25) is 0 Å². The van der Waals surface area contributed by atoms with Crippen LogP contribution in [0, 0.1) is 6.92 Å². The normalized spacial score (nSPS) is 14.4. The minimum atomic E-state index is -4.63. The van der Waals surface area contributed by atoms with Crippen molar-refractivity contribution in [3.63, 3.8) is 0 Å². The van der Waals surface area contributed by atoms with Gasteiger partial charge in [0.1, 0.15) is 5.75 Å². The highest BCUT2D eigenvalue weighted by molar-refractivity contribution is 5.92. The van der Waals surface area contributed by atoms with Crippen molar-refractivity contribution in [3.8, 4) is 11.4 Å². The summed E-state index contributed by atoms with van der Waals surface area (Å²) < 4.78 is 41.5. The Balaban J connectivity index is 1.62. The van der Waals surface area contributed by atoms with Gasteiger partial charge in [-0.3, -0.25) is 9.59 Å². The Morgan fingerprint density at radius 2 is 1.58 bits per heavy atom. The predicted molar refractivity (Wildman–Crippen MR) is 116 cm³/mol. The van der Waals surface area contributed by atoms with E-state index in [0.29, 0.717) is 18.8 Å². The zero-order valence-corrected chi connectivity index (χ0v) is 17.7. The number of alkyl halides is 3. The molecule has 0 radical (unpaired) electrons. The van der Waals surface area contributed by atoms with Crippen LogP contribution in [0.1, 0.15) is 21.7 Å². The number of anilines is 1. The first kappa shape index (κ1) is 22.4. The fourth-order valence-electron chi connectivity index (χ4n) is 3.87. The van der Waals surface area contributed by atoms with Crippen LogP contribution in [-0.2, 0) is 6.18 Å². The Morgan fingerprint density at radius 1 is 0.970 bits per heavy atom. The summed E-state index contributed by atoms with van der Waals surface area (Å²) in [6.07, 6.45) is -4.63. The summed E-state index contributed by atoms with van der Waals surface area (Å²) >= 11 is 0. The van der Waals surface area contributed by atoms with Crippen LogP contribution in [-0.4, -0.2) is 51.9 Å². The molecule has 1 fully saturated rings. The number of para-hydroxylation sites is 3. The topological polar surface area (TPSA) is 78.7 Å². The van der Waals surface area contributed by atoms with Crippen molar-refractivity contribution in [2.75, 3.05) is 31.1 Å². The summed E-state index contributed by atoms with van der Waals surface area (Å²) in [5.74, 6) is -0.515. The molecule has 0 atom stereocenters. The molecule has 2 aromatic carbocycles. The van der Waals surface area contributed by atoms with Crippen molar-refractivity contribution in [3.05, 3.63) is 81.8 Å². The number of benzene rings is 2. The smallest absolute Gasteiger partial charge is 0.418 e. The van der Waals surface area contributed by atoms with Gasteiger partial charge >= 0.3 is 6.18 Å². The lowest BCUT2D eigenvalue weighted by molar-refractivity contribution is -0.137. The van der Waals surface area contributed by atoms with Gasteiger partial charge in [0.05, 0.1) is 16.9 Å². The van der Waals surface area contributed by atoms with E-state index in [1.807, 2.05) is 4.90 Å². The molecule has 0 bridgehead atoms. The van der Waals surface area contributed by atoms with E-state index in [1.165, 1.54) is 30.0 Å². The Kier molecular flexibility index (Phi) is 5.84. The number of aromatic nitrogens is 2. The van der Waals surface area contributed by atoms with Gasteiger partial charge in [0.25, 0.3) is 5.91 Å². The van der Waals surface area contributed by atoms with E-state index in [0.717, 1.165) is 16.8 Å². The summed E-state index contributed by atoms with van der Waals surface area (Å²) in [5.41, 5.74) is -1.45. The molecule has 2 heterocycles. The number of carbonyl (C=O) groups excluding carboxylic acids is 1. The summed E-state index contributed by atoms with van der Waals surface area (Å²) in [6.45, 7) is 2.82. The van der Waals surface area contributed by atoms with E-state index in [1.54, 1.807) is 24.3 Å². The second kappa shape index (κ2) is 8.61. The largest absolute Gasteiger partial charge is 0.506 e. The lowest BCUT2D eigenvalue weighted by Gasteiger charge is -2.36. The molecule has 0 aliphatic carbocycles. The molecule has 1 amide bonds. The van der Waals surface area contributed by atoms with Gasteiger partial charge in [0, 0.05) is 37.9 Å². The van der Waals surface area contributed by atoms with E-state index in [-0.39, 0.29) is 30.2 Å². The molecule has 10 heteroatoms. The first-order valence-electron chi connectivity index (χ1n) is 10.3. The van der Waals surface area contributed by atoms with Crippen molar-refractivity contribution >= 4 is 11.6 Å². The minimum absolute atomic E-state index is 0.128. The summed E-state index contributed by atoms with van der Waals surface area (Å²) in [7, 11) is 0. The molecule has 1 aromatic heterocycles. The Morgan fingerprint density at radius 3 is 2.21 bits per heavy atom. The third-order valence-electron chi connectivity index (χ3n) is 5.54. The number of nitrogens with zero attached hydrogens (tertiary/aromatic N) is 4. The number of aromatic hydroxyl groups is 1. The molecule has 1 aliphatic rings. The van der Waals surface area contributed by atoms with Crippen LogP contribution in [0.4, 0.5) is 18.9 Å². The SMILES string of the molecule is Cc1cc(=O)c(C(=O)N2CCN(c3ccccc3O)CC2)nn1-c1ccccc1C(F)(F)F. The van der Waals surface area contributed by atoms with Crippen LogP contribution in [0.15, 0.2) is 59.4 Å². The molecule has 1 aliphatic heterocycles. The first-order chi connectivity index (χ1) is 15.7. The number of rotatable bonds is 3. The molecular weight excluding hydrogens is 437 g/mol. The number of phenolic OH excluding ortho intramolecular Hbond substituents is 1. The third kappa shape index (κ3) is 4.41. The summed E-state index contributed by atoms with van der Waals surface area (Å²) in [4.78, 5) is 29.0. The maximum atomic E-state index is 13.5. The summed E-state index contributed by atoms with van der Waals surface area (Å²) in [6, 6.07) is 12.8. The number of phenols is 1. The fourth-order valence-corrected chi connectivity index (χ4v) is 3.87. The predicted octanol–water partition coefficient (Wildman–Crippen LogP) is 3.23. The number of carbonyl (C=O) groups is 1. The standard InChI is InChI=1S/C23H21F3N4O3/c1-15-14-20(32)21(27-30(15)17-7-3-2-6-16(17)23(24,25)26)22(33)29-12-10-28(11-13-29)18-8-4-5-9-19(18)31/h2-9,14,31H,10-13H2,1H3. The molecule has 0 saturated carbocycles. The number of hydrogen-bond acceptors (Lipinski definition) is 5. The Hall–Kier alpha value is -3.82. The molecule has 1 saturated heterocycles. The fraction of sp³-hybridized carbons (Fsp3) is 0.261. The van der Waals surface area contributed by atoms with E-state index in [2.05, 4.69) is 5.10 Å². The second-order valence-electron chi connectivity index (χ2n) is 7.69. The Labute approximate surface area is 187 Å². The van der Waals surface area contributed by atoms with Crippen LogP contribution >= 0.6 is 0 Å². The van der Waals surface area contributed by atoms with Gasteiger partial charge in [-0.15, -0.1) is 0 Å². The van der Waals surface area contributed by atoms with Crippen molar-refractivity contribution < 1.29 is 23.1 Å². The van der Waals surface area contributed by atoms with Gasteiger partial charge in [-0.2, -0.15) is 18.3 Å². The average Bonchev–Trinajstić information content (AvgIpc) is 2.79. The minimum Gasteiger partial charge on any atom is -0.506 e. The molecule has 4 rings (SSSR count). The maximum Gasteiger partial charge on any atom is 0.418 e. The quantitative estimate of drug-likeness (QED) is 0.652. The van der Waals surface area contributed by atoms with Crippen LogP contribution in [0.5, 0.6) is 5.75 Å². The molecule has 0 unspecified atom stereocenters. The monoisotopic (exact) mass is 458 g/mol. The lowest BCUT2D eigenvalue weighted by Crippen LogP contribution is -2.50. The van der Waals surface area contributed by atoms with Gasteiger partial charge in [0.15, 0.2) is 5.69 Å². The molecule has 0 spiro atoms. The highest BCUT2D eigenvalue weighted by atomic mass is 19.4. The molecule has 33 heavy (non-hydrogen) atoms. The van der Waals surface area contributed by atoms with Crippen LogP contribution in [0.25, 0.3) is 5.69 Å². The maximum absolute atomic E-state index is 13.5. The van der Waals surface area contributed by atoms with E-state index >= 15 is 0 Å². The van der Waals surface area contributed by atoms with Crippen LogP contribution in [0.3, 0.4) is 0 Å². The van der Waals surface area contributed by atoms with Gasteiger partial charge < -0.3 is 14.9 Å². The number of piperazine rings is 1. The van der Waals surface area contributed by atoms with Crippen molar-refractivity contribution in [2.24, 2.45) is 0 Å². The van der Waals surface area contributed by atoms with Gasteiger partial charge in [-0.25, -0.2) is 4.68 Å². The lowest BCUT2D eigenvalue weighted by atomic mass is 10.1. The molecule has 1 N–H and O–H groups in total. The highest BCUT2D eigenvalue weighted by Gasteiger charge is 2.34. The second-order valence-corrected chi connectivity index (χ2v) is 7.69. The van der Waals surface area contributed by atoms with Gasteiger partial charge in [-0.1, -0.05) is 24.3 Å². The van der Waals surface area contributed by atoms with Crippen molar-refractivity contribution in [1.82, 2.24) is 14.7 Å². The van der Waals surface area contributed by atoms with Gasteiger partial charge in [-0.05, 0) is 31.2 Å².